The molecule has 0 radical (unpaired) electrons. The van der Waals surface area contributed by atoms with E-state index in [1.165, 1.54) is 6.07 Å². The molecule has 0 heterocycles. The van der Waals surface area contributed by atoms with E-state index < -0.39 is 41.3 Å². The third kappa shape index (κ3) is 3.11. The smallest absolute Gasteiger partial charge is 0.388 e. The Hall–Kier alpha value is -1.17. The van der Waals surface area contributed by atoms with E-state index in [0.717, 1.165) is 12.1 Å². The van der Waals surface area contributed by atoms with Gasteiger partial charge in [0.1, 0.15) is 11.6 Å². The van der Waals surface area contributed by atoms with E-state index >= 15 is 0 Å². The van der Waals surface area contributed by atoms with Gasteiger partial charge < -0.3 is 5.11 Å². The molecule has 0 bridgehead atoms. The Kier molecular flexibility index (Phi) is 4.32. The normalized spacial score (nSPS) is 25.5. The number of halogens is 5. The first-order chi connectivity index (χ1) is 9.30. The number of aliphatic hydroxyl groups is 1. The van der Waals surface area contributed by atoms with Crippen molar-refractivity contribution in [2.45, 2.75) is 38.0 Å². The molecule has 0 aliphatic heterocycles. The first-order valence-electron chi connectivity index (χ1n) is 6.49. The van der Waals surface area contributed by atoms with Gasteiger partial charge in [0.05, 0.1) is 17.6 Å². The van der Waals surface area contributed by atoms with E-state index in [9.17, 15) is 27.1 Å². The van der Waals surface area contributed by atoms with Crippen molar-refractivity contribution < 1.29 is 27.1 Å². The van der Waals surface area contributed by atoms with Crippen molar-refractivity contribution in [2.75, 3.05) is 0 Å². The van der Waals surface area contributed by atoms with Gasteiger partial charge >= 0.3 is 6.18 Å². The zero-order valence-corrected chi connectivity index (χ0v) is 10.6. The quantitative estimate of drug-likeness (QED) is 0.803. The van der Waals surface area contributed by atoms with Crippen LogP contribution in [0.3, 0.4) is 0 Å². The number of benzene rings is 1. The SMILES string of the molecule is OC(c1c(F)cccc1F)C1CCC(C(F)(F)F)CC1. The molecule has 1 aromatic rings. The topological polar surface area (TPSA) is 20.2 Å². The van der Waals surface area contributed by atoms with E-state index in [-0.39, 0.29) is 25.7 Å². The van der Waals surface area contributed by atoms with Gasteiger partial charge in [-0.2, -0.15) is 13.2 Å². The lowest BCUT2D eigenvalue weighted by Gasteiger charge is -2.32. The van der Waals surface area contributed by atoms with Gasteiger partial charge in [0.15, 0.2) is 0 Å². The van der Waals surface area contributed by atoms with E-state index in [0.29, 0.717) is 0 Å². The van der Waals surface area contributed by atoms with Gasteiger partial charge in [-0.3, -0.25) is 0 Å². The molecule has 1 nitrogen and oxygen atoms in total. The van der Waals surface area contributed by atoms with Crippen molar-refractivity contribution in [1.82, 2.24) is 0 Å². The zero-order valence-electron chi connectivity index (χ0n) is 10.6. The largest absolute Gasteiger partial charge is 0.391 e. The van der Waals surface area contributed by atoms with Crippen molar-refractivity contribution in [3.05, 3.63) is 35.4 Å². The average molecular weight is 294 g/mol. The molecular formula is C14H15F5O. The fourth-order valence-electron chi connectivity index (χ4n) is 2.79. The van der Waals surface area contributed by atoms with Crippen molar-refractivity contribution in [1.29, 1.82) is 0 Å². The summed E-state index contributed by atoms with van der Waals surface area (Å²) >= 11 is 0. The van der Waals surface area contributed by atoms with Crippen LogP contribution in [0.2, 0.25) is 0 Å². The Bertz CT molecular complexity index is 443. The van der Waals surface area contributed by atoms with Gasteiger partial charge in [0.2, 0.25) is 0 Å². The second kappa shape index (κ2) is 5.68. The Morgan fingerprint density at radius 1 is 1.00 bits per heavy atom. The molecule has 1 aliphatic rings. The van der Waals surface area contributed by atoms with Crippen molar-refractivity contribution in [3.63, 3.8) is 0 Å². The van der Waals surface area contributed by atoms with Crippen molar-refractivity contribution in [3.8, 4) is 0 Å². The summed E-state index contributed by atoms with van der Waals surface area (Å²) in [5.74, 6) is -3.65. The monoisotopic (exact) mass is 294 g/mol. The highest BCUT2D eigenvalue weighted by molar-refractivity contribution is 5.22. The van der Waals surface area contributed by atoms with Crippen LogP contribution in [0, 0.1) is 23.5 Å². The Labute approximate surface area is 113 Å². The fourth-order valence-corrected chi connectivity index (χ4v) is 2.79. The second-order valence-corrected chi connectivity index (χ2v) is 5.23. The molecule has 0 spiro atoms. The van der Waals surface area contributed by atoms with Gasteiger partial charge in [-0.05, 0) is 43.7 Å². The molecule has 1 atom stereocenters. The zero-order chi connectivity index (χ0) is 14.9. The molecule has 112 valence electrons. The predicted molar refractivity (Wildman–Crippen MR) is 62.8 cm³/mol. The third-order valence-corrected chi connectivity index (χ3v) is 3.98. The Balaban J connectivity index is 2.07. The van der Waals surface area contributed by atoms with E-state index in [2.05, 4.69) is 0 Å². The molecule has 1 saturated carbocycles. The molecule has 1 N–H and O–H groups in total. The minimum Gasteiger partial charge on any atom is -0.388 e. The van der Waals surface area contributed by atoms with Gasteiger partial charge in [0.25, 0.3) is 0 Å². The first kappa shape index (κ1) is 15.2. The van der Waals surface area contributed by atoms with Crippen LogP contribution in [-0.4, -0.2) is 11.3 Å². The average Bonchev–Trinajstić information content (AvgIpc) is 2.37. The predicted octanol–water partition coefficient (Wildman–Crippen LogP) is 4.37. The highest BCUT2D eigenvalue weighted by Gasteiger charge is 2.42. The summed E-state index contributed by atoms with van der Waals surface area (Å²) in [5.41, 5.74) is -0.442. The van der Waals surface area contributed by atoms with Crippen LogP contribution in [0.25, 0.3) is 0 Å². The van der Waals surface area contributed by atoms with Crippen LogP contribution in [-0.2, 0) is 0 Å². The summed E-state index contributed by atoms with van der Waals surface area (Å²) in [7, 11) is 0. The van der Waals surface area contributed by atoms with Gasteiger partial charge in [-0.1, -0.05) is 6.07 Å². The van der Waals surface area contributed by atoms with Crippen LogP contribution in [0.1, 0.15) is 37.4 Å². The van der Waals surface area contributed by atoms with Crippen molar-refractivity contribution in [2.24, 2.45) is 11.8 Å². The minimum absolute atomic E-state index is 0.110. The Morgan fingerprint density at radius 3 is 1.95 bits per heavy atom. The maximum Gasteiger partial charge on any atom is 0.391 e. The van der Waals surface area contributed by atoms with Gasteiger partial charge in [-0.25, -0.2) is 8.78 Å². The number of alkyl halides is 3. The molecule has 1 fully saturated rings. The summed E-state index contributed by atoms with van der Waals surface area (Å²) < 4.78 is 64.7. The molecule has 0 aromatic heterocycles. The van der Waals surface area contributed by atoms with E-state index in [4.69, 9.17) is 0 Å². The van der Waals surface area contributed by atoms with Crippen LogP contribution in [0.5, 0.6) is 0 Å². The fraction of sp³-hybridized carbons (Fsp3) is 0.571. The number of hydrogen-bond donors (Lipinski definition) is 1. The van der Waals surface area contributed by atoms with Crippen LogP contribution >= 0.6 is 0 Å². The summed E-state index contributed by atoms with van der Waals surface area (Å²) in [6.45, 7) is 0. The van der Waals surface area contributed by atoms with E-state index in [1.807, 2.05) is 0 Å². The number of aliphatic hydroxyl groups excluding tert-OH is 1. The molecule has 20 heavy (non-hydrogen) atoms. The lowest BCUT2D eigenvalue weighted by molar-refractivity contribution is -0.185. The summed E-state index contributed by atoms with van der Waals surface area (Å²) in [5, 5.41) is 10.0. The molecule has 1 aliphatic carbocycles. The molecular weight excluding hydrogens is 279 g/mol. The maximum absolute atomic E-state index is 13.5. The highest BCUT2D eigenvalue weighted by Crippen LogP contribution is 2.43. The number of rotatable bonds is 2. The molecule has 0 amide bonds. The lowest BCUT2D eigenvalue weighted by Crippen LogP contribution is -2.30. The Morgan fingerprint density at radius 2 is 1.50 bits per heavy atom. The third-order valence-electron chi connectivity index (χ3n) is 3.98. The lowest BCUT2D eigenvalue weighted by atomic mass is 9.77. The van der Waals surface area contributed by atoms with Crippen LogP contribution in [0.4, 0.5) is 22.0 Å². The molecule has 0 saturated heterocycles. The highest BCUT2D eigenvalue weighted by atomic mass is 19.4. The molecule has 1 aromatic carbocycles. The maximum atomic E-state index is 13.5. The van der Waals surface area contributed by atoms with Crippen LogP contribution in [0.15, 0.2) is 18.2 Å². The van der Waals surface area contributed by atoms with Crippen LogP contribution < -0.4 is 0 Å². The summed E-state index contributed by atoms with van der Waals surface area (Å²) in [4.78, 5) is 0. The minimum atomic E-state index is -4.24. The van der Waals surface area contributed by atoms with Gasteiger partial charge in [-0.15, -0.1) is 0 Å². The molecule has 1 unspecified atom stereocenters. The van der Waals surface area contributed by atoms with E-state index in [1.54, 1.807) is 0 Å². The van der Waals surface area contributed by atoms with Crippen molar-refractivity contribution >= 4 is 0 Å². The molecule has 6 heteroatoms. The number of hydrogen-bond acceptors (Lipinski definition) is 1. The molecule has 2 rings (SSSR count). The summed E-state index contributed by atoms with van der Waals surface area (Å²) in [6, 6.07) is 3.24. The first-order valence-corrected chi connectivity index (χ1v) is 6.49. The second-order valence-electron chi connectivity index (χ2n) is 5.23. The standard InChI is InChI=1S/C14H15F5O/c15-10-2-1-3-11(16)12(10)13(20)8-4-6-9(7-5-8)14(17,18)19/h1-3,8-9,13,20H,4-7H2. The summed E-state index contributed by atoms with van der Waals surface area (Å²) in [6.07, 6.45) is -5.63. The van der Waals surface area contributed by atoms with Gasteiger partial charge in [0, 0.05) is 0 Å².